The molecule has 11 heteroatoms. The molecule has 2 N–H and O–H groups in total. The minimum absolute atomic E-state index is 0.139. The lowest BCUT2D eigenvalue weighted by atomic mass is 9.77. The summed E-state index contributed by atoms with van der Waals surface area (Å²) in [5, 5.41) is 19.6. The molecule has 0 aromatic heterocycles. The van der Waals surface area contributed by atoms with E-state index in [1.54, 1.807) is 49.9 Å². The highest BCUT2D eigenvalue weighted by molar-refractivity contribution is 5.86. The summed E-state index contributed by atoms with van der Waals surface area (Å²) in [6.45, 7) is 5.26. The van der Waals surface area contributed by atoms with Gasteiger partial charge in [0.15, 0.2) is 0 Å². The molecule has 2 aromatic rings. The SMILES string of the molecule is COc1ccc(C2C3CC(CCO)(CCO)C(=O)N3CCN2C(=O)N(C)C(C)c2cc(C)cc(C(F)(F)F)c2)c(C)c1. The van der Waals surface area contributed by atoms with Crippen molar-refractivity contribution >= 4 is 11.9 Å². The van der Waals surface area contributed by atoms with E-state index in [9.17, 15) is 33.0 Å². The van der Waals surface area contributed by atoms with Gasteiger partial charge in [0.25, 0.3) is 0 Å². The van der Waals surface area contributed by atoms with E-state index >= 15 is 0 Å². The number of piperazine rings is 1. The van der Waals surface area contributed by atoms with Crippen molar-refractivity contribution in [2.45, 2.75) is 64.3 Å². The van der Waals surface area contributed by atoms with Crippen LogP contribution in [0.4, 0.5) is 18.0 Å². The van der Waals surface area contributed by atoms with Crippen LogP contribution in [0.25, 0.3) is 0 Å². The maximum atomic E-state index is 14.2. The Kier molecular flexibility index (Phi) is 9.13. The first kappa shape index (κ1) is 31.6. The molecule has 230 valence electrons. The first-order valence-corrected chi connectivity index (χ1v) is 14.2. The minimum atomic E-state index is -4.51. The summed E-state index contributed by atoms with van der Waals surface area (Å²) >= 11 is 0. The van der Waals surface area contributed by atoms with Crippen molar-refractivity contribution in [2.24, 2.45) is 5.41 Å². The minimum Gasteiger partial charge on any atom is -0.497 e. The zero-order valence-electron chi connectivity index (χ0n) is 24.7. The van der Waals surface area contributed by atoms with E-state index in [1.807, 2.05) is 19.1 Å². The standard InChI is InChI=1S/C31H40F3N3O5/c1-19-14-22(17-23(15-19)31(32,33)34)21(3)35(4)29(41)37-11-10-36-26(18-30(8-12-38,9-13-39)28(36)40)27(37)25-7-6-24(42-5)16-20(25)2/h6-7,14-17,21,26-27,38-39H,8-13,18H2,1-5H3. The van der Waals surface area contributed by atoms with E-state index in [2.05, 4.69) is 0 Å². The van der Waals surface area contributed by atoms with Gasteiger partial charge in [0.05, 0.1) is 36.2 Å². The number of benzene rings is 2. The lowest BCUT2D eigenvalue weighted by Crippen LogP contribution is -2.57. The third kappa shape index (κ3) is 5.81. The summed E-state index contributed by atoms with van der Waals surface area (Å²) in [7, 11) is 3.14. The molecule has 0 bridgehead atoms. The van der Waals surface area contributed by atoms with Crippen molar-refractivity contribution in [3.8, 4) is 5.75 Å². The van der Waals surface area contributed by atoms with Gasteiger partial charge < -0.3 is 29.6 Å². The molecule has 2 fully saturated rings. The first-order chi connectivity index (χ1) is 19.8. The topological polar surface area (TPSA) is 93.5 Å². The molecule has 2 aliphatic rings. The number of carbonyl (C=O) groups excluding carboxylic acids is 2. The van der Waals surface area contributed by atoms with E-state index in [-0.39, 0.29) is 51.1 Å². The molecule has 2 aromatic carbocycles. The van der Waals surface area contributed by atoms with Crippen molar-refractivity contribution in [1.82, 2.24) is 14.7 Å². The lowest BCUT2D eigenvalue weighted by Gasteiger charge is -2.47. The molecule has 4 rings (SSSR count). The Hall–Kier alpha value is -3.31. The maximum absolute atomic E-state index is 14.2. The summed E-state index contributed by atoms with van der Waals surface area (Å²) in [6.07, 6.45) is -3.76. The largest absolute Gasteiger partial charge is 0.497 e. The molecule has 3 unspecified atom stereocenters. The lowest BCUT2D eigenvalue weighted by molar-refractivity contribution is -0.140. The number of hydrogen-bond acceptors (Lipinski definition) is 5. The normalized spacial score (nSPS) is 20.9. The molecule has 8 nitrogen and oxygen atoms in total. The number of methoxy groups -OCH3 is 1. The molecule has 0 radical (unpaired) electrons. The second-order valence-corrected chi connectivity index (χ2v) is 11.6. The quantitative estimate of drug-likeness (QED) is 0.458. The number of ether oxygens (including phenoxy) is 1. The van der Waals surface area contributed by atoms with Crippen LogP contribution in [0, 0.1) is 19.3 Å². The van der Waals surface area contributed by atoms with Gasteiger partial charge in [-0.25, -0.2) is 4.79 Å². The summed E-state index contributed by atoms with van der Waals surface area (Å²) in [4.78, 5) is 32.8. The van der Waals surface area contributed by atoms with Crippen LogP contribution >= 0.6 is 0 Å². The average Bonchev–Trinajstić information content (AvgIpc) is 3.21. The number of rotatable bonds is 8. The fourth-order valence-corrected chi connectivity index (χ4v) is 6.64. The van der Waals surface area contributed by atoms with Gasteiger partial charge in [-0.2, -0.15) is 13.2 Å². The number of aliphatic hydroxyl groups excluding tert-OH is 2. The number of carbonyl (C=O) groups is 2. The Bertz CT molecular complexity index is 1310. The molecular weight excluding hydrogens is 551 g/mol. The van der Waals surface area contributed by atoms with Gasteiger partial charge in [-0.15, -0.1) is 0 Å². The summed E-state index contributed by atoms with van der Waals surface area (Å²) in [5.74, 6) is 0.505. The molecule has 42 heavy (non-hydrogen) atoms. The van der Waals surface area contributed by atoms with E-state index in [0.717, 1.165) is 23.3 Å². The van der Waals surface area contributed by atoms with Crippen LogP contribution in [0.3, 0.4) is 0 Å². The highest BCUT2D eigenvalue weighted by atomic mass is 19.4. The van der Waals surface area contributed by atoms with E-state index < -0.39 is 35.3 Å². The molecule has 0 spiro atoms. The summed E-state index contributed by atoms with van der Waals surface area (Å²) < 4.78 is 46.1. The predicted octanol–water partition coefficient (Wildman–Crippen LogP) is 4.85. The Morgan fingerprint density at radius 3 is 2.36 bits per heavy atom. The van der Waals surface area contributed by atoms with Crippen LogP contribution in [-0.2, 0) is 11.0 Å². The number of aliphatic hydroxyl groups is 2. The smallest absolute Gasteiger partial charge is 0.416 e. The second-order valence-electron chi connectivity index (χ2n) is 11.6. The third-order valence-electron chi connectivity index (χ3n) is 9.01. The predicted molar refractivity (Wildman–Crippen MR) is 151 cm³/mol. The molecule has 3 atom stereocenters. The fourth-order valence-electron chi connectivity index (χ4n) is 6.64. The van der Waals surface area contributed by atoms with Crippen molar-refractivity contribution in [3.05, 3.63) is 64.2 Å². The number of halogens is 3. The number of hydrogen-bond donors (Lipinski definition) is 2. The zero-order valence-corrected chi connectivity index (χ0v) is 24.7. The van der Waals surface area contributed by atoms with Crippen molar-refractivity contribution in [1.29, 1.82) is 0 Å². The molecule has 0 saturated carbocycles. The van der Waals surface area contributed by atoms with Gasteiger partial charge in [0.2, 0.25) is 5.91 Å². The van der Waals surface area contributed by atoms with Gasteiger partial charge in [0, 0.05) is 33.4 Å². The third-order valence-corrected chi connectivity index (χ3v) is 9.01. The number of aryl methyl sites for hydroxylation is 2. The number of urea groups is 1. The number of fused-ring (bicyclic) bond motifs is 1. The van der Waals surface area contributed by atoms with E-state index in [4.69, 9.17) is 4.74 Å². The van der Waals surface area contributed by atoms with Crippen LogP contribution in [0.1, 0.15) is 66.1 Å². The highest BCUT2D eigenvalue weighted by Gasteiger charge is 2.56. The Morgan fingerprint density at radius 2 is 1.79 bits per heavy atom. The molecule has 3 amide bonds. The summed E-state index contributed by atoms with van der Waals surface area (Å²) in [5.41, 5.74) is 0.792. The van der Waals surface area contributed by atoms with Gasteiger partial charge >= 0.3 is 12.2 Å². The number of alkyl halides is 3. The monoisotopic (exact) mass is 591 g/mol. The Balaban J connectivity index is 1.74. The Labute approximate surface area is 244 Å². The first-order valence-electron chi connectivity index (χ1n) is 14.2. The molecule has 2 heterocycles. The molecule has 2 saturated heterocycles. The van der Waals surface area contributed by atoms with Crippen LogP contribution in [0.15, 0.2) is 36.4 Å². The fraction of sp³-hybridized carbons (Fsp3) is 0.548. The van der Waals surface area contributed by atoms with Crippen molar-refractivity contribution in [2.75, 3.05) is 40.5 Å². The number of nitrogens with zero attached hydrogens (tertiary/aromatic N) is 3. The molecule has 2 aliphatic heterocycles. The average molecular weight is 592 g/mol. The van der Waals surface area contributed by atoms with Crippen LogP contribution < -0.4 is 4.74 Å². The van der Waals surface area contributed by atoms with E-state index in [1.165, 1.54) is 4.90 Å². The van der Waals surface area contributed by atoms with Gasteiger partial charge in [-0.05, 0) is 81.0 Å². The van der Waals surface area contributed by atoms with Crippen LogP contribution in [0.5, 0.6) is 5.75 Å². The van der Waals surface area contributed by atoms with E-state index in [0.29, 0.717) is 23.3 Å². The van der Waals surface area contributed by atoms with Crippen LogP contribution in [0.2, 0.25) is 0 Å². The molecular formula is C31H40F3N3O5. The van der Waals surface area contributed by atoms with Gasteiger partial charge in [-0.1, -0.05) is 17.7 Å². The van der Waals surface area contributed by atoms with Crippen molar-refractivity contribution < 1.29 is 37.7 Å². The molecule has 0 aliphatic carbocycles. The zero-order chi connectivity index (χ0) is 31.0. The second kappa shape index (κ2) is 12.1. The Morgan fingerprint density at radius 1 is 1.12 bits per heavy atom. The van der Waals surface area contributed by atoms with Gasteiger partial charge in [-0.3, -0.25) is 4.79 Å². The van der Waals surface area contributed by atoms with Gasteiger partial charge in [0.1, 0.15) is 5.75 Å². The van der Waals surface area contributed by atoms with Crippen LogP contribution in [-0.4, -0.2) is 83.4 Å². The maximum Gasteiger partial charge on any atom is 0.416 e. The number of amides is 3. The summed E-state index contributed by atoms with van der Waals surface area (Å²) in [6, 6.07) is 7.35. The van der Waals surface area contributed by atoms with Crippen molar-refractivity contribution in [3.63, 3.8) is 0 Å². The highest BCUT2D eigenvalue weighted by Crippen LogP contribution is 2.49.